The Kier molecular flexibility index (Phi) is 12.0. The van der Waals surface area contributed by atoms with E-state index in [1.807, 2.05) is 19.1 Å². The smallest absolute Gasteiger partial charge is 0.303 e. The summed E-state index contributed by atoms with van der Waals surface area (Å²) >= 11 is 0. The minimum Gasteiger partial charge on any atom is -0.481 e. The van der Waals surface area contributed by atoms with Gasteiger partial charge in [-0.2, -0.15) is 0 Å². The molecule has 1 rings (SSSR count). The van der Waals surface area contributed by atoms with Crippen molar-refractivity contribution < 1.29 is 29.6 Å². The van der Waals surface area contributed by atoms with E-state index >= 15 is 0 Å². The van der Waals surface area contributed by atoms with Gasteiger partial charge < -0.3 is 20.1 Å². The molecule has 0 radical (unpaired) electrons. The predicted octanol–water partition coefficient (Wildman–Crippen LogP) is 3.12. The highest BCUT2D eigenvalue weighted by Gasteiger charge is 2.39. The summed E-state index contributed by atoms with van der Waals surface area (Å²) in [5, 5.41) is 29.2. The van der Waals surface area contributed by atoms with Gasteiger partial charge in [-0.15, -0.1) is 0 Å². The zero-order valence-electron chi connectivity index (χ0n) is 17.1. The molecule has 0 aromatic rings. The van der Waals surface area contributed by atoms with Crippen molar-refractivity contribution in [2.75, 3.05) is 13.7 Å². The molecule has 1 aliphatic carbocycles. The van der Waals surface area contributed by atoms with Crippen LogP contribution in [0.4, 0.5) is 0 Å². The molecule has 6 heteroatoms. The fourth-order valence-corrected chi connectivity index (χ4v) is 3.57. The molecule has 0 aliphatic heterocycles. The van der Waals surface area contributed by atoms with Crippen LogP contribution in [0.15, 0.2) is 24.3 Å². The van der Waals surface area contributed by atoms with E-state index in [0.717, 1.165) is 25.9 Å². The van der Waals surface area contributed by atoms with E-state index in [-0.39, 0.29) is 36.4 Å². The van der Waals surface area contributed by atoms with E-state index in [4.69, 9.17) is 9.84 Å². The van der Waals surface area contributed by atoms with E-state index in [1.54, 1.807) is 19.3 Å². The number of aliphatic hydroxyl groups is 2. The molecule has 3 N–H and O–H groups in total. The Bertz CT molecular complexity index is 527. The summed E-state index contributed by atoms with van der Waals surface area (Å²) in [6.45, 7) is 2.72. The average Bonchev–Trinajstić information content (AvgIpc) is 2.91. The highest BCUT2D eigenvalue weighted by atomic mass is 16.5. The van der Waals surface area contributed by atoms with Crippen molar-refractivity contribution in [1.82, 2.24) is 0 Å². The Morgan fingerprint density at radius 2 is 2.04 bits per heavy atom. The number of carboxylic acid groups (broad SMARTS) is 1. The lowest BCUT2D eigenvalue weighted by Crippen LogP contribution is -2.20. The zero-order chi connectivity index (χ0) is 20.9. The quantitative estimate of drug-likeness (QED) is 0.308. The standard InChI is InChI=1S/C22H36O6/c1-16(9-7-8-14-28-2)19(23)13-12-18-17(20(24)15-21(18)25)10-5-3-4-6-11-22(26)27/h3,5,12-13,16-19,21,23,25H,4,6-11,14-15H2,1-2H3,(H,26,27)/b5-3-,13-12+/t16-,17-,18-,19?,21-/m1/s1. The minimum absolute atomic E-state index is 0.0411. The second-order valence-corrected chi connectivity index (χ2v) is 7.76. The molecule has 0 aromatic carbocycles. The molecule has 0 amide bonds. The first kappa shape index (κ1) is 24.5. The fraction of sp³-hybridized carbons (Fsp3) is 0.727. The van der Waals surface area contributed by atoms with Gasteiger partial charge in [-0.1, -0.05) is 37.6 Å². The van der Waals surface area contributed by atoms with Gasteiger partial charge in [0, 0.05) is 38.4 Å². The van der Waals surface area contributed by atoms with Gasteiger partial charge in [-0.05, 0) is 38.0 Å². The van der Waals surface area contributed by atoms with Crippen LogP contribution in [-0.2, 0) is 14.3 Å². The molecule has 5 atom stereocenters. The summed E-state index contributed by atoms with van der Waals surface area (Å²) < 4.78 is 5.03. The first-order valence-electron chi connectivity index (χ1n) is 10.3. The number of unbranched alkanes of at least 4 members (excludes halogenated alkanes) is 2. The summed E-state index contributed by atoms with van der Waals surface area (Å²) in [5.41, 5.74) is 0. The Balaban J connectivity index is 2.50. The van der Waals surface area contributed by atoms with E-state index in [0.29, 0.717) is 19.3 Å². The Labute approximate surface area is 168 Å². The van der Waals surface area contributed by atoms with Crippen molar-refractivity contribution in [1.29, 1.82) is 0 Å². The number of Topliss-reactive ketones (excluding diaryl/α,β-unsaturated/α-hetero) is 1. The van der Waals surface area contributed by atoms with Gasteiger partial charge in [0.2, 0.25) is 0 Å². The number of hydrogen-bond donors (Lipinski definition) is 3. The van der Waals surface area contributed by atoms with Crippen LogP contribution < -0.4 is 0 Å². The van der Waals surface area contributed by atoms with Crippen molar-refractivity contribution in [3.8, 4) is 0 Å². The Morgan fingerprint density at radius 3 is 2.71 bits per heavy atom. The number of aliphatic carboxylic acids is 1. The maximum atomic E-state index is 12.2. The monoisotopic (exact) mass is 396 g/mol. The first-order valence-corrected chi connectivity index (χ1v) is 10.3. The number of ketones is 1. The number of hydrogen-bond acceptors (Lipinski definition) is 5. The number of aliphatic hydroxyl groups excluding tert-OH is 2. The zero-order valence-corrected chi connectivity index (χ0v) is 17.1. The van der Waals surface area contributed by atoms with Crippen molar-refractivity contribution in [2.24, 2.45) is 17.8 Å². The topological polar surface area (TPSA) is 104 Å². The molecule has 160 valence electrons. The molecule has 1 fully saturated rings. The van der Waals surface area contributed by atoms with Crippen LogP contribution >= 0.6 is 0 Å². The summed E-state index contributed by atoms with van der Waals surface area (Å²) in [7, 11) is 1.68. The van der Waals surface area contributed by atoms with Crippen LogP contribution in [0, 0.1) is 17.8 Å². The number of rotatable bonds is 14. The summed E-state index contributed by atoms with van der Waals surface area (Å²) in [6.07, 6.45) is 10.9. The fourth-order valence-electron chi connectivity index (χ4n) is 3.57. The summed E-state index contributed by atoms with van der Waals surface area (Å²) in [5.74, 6) is -1.23. The third-order valence-corrected chi connectivity index (χ3v) is 5.42. The lowest BCUT2D eigenvalue weighted by Gasteiger charge is -2.19. The van der Waals surface area contributed by atoms with Crippen LogP contribution in [0.1, 0.15) is 58.3 Å². The molecule has 0 aromatic heterocycles. The minimum atomic E-state index is -0.806. The maximum Gasteiger partial charge on any atom is 0.303 e. The van der Waals surface area contributed by atoms with Crippen molar-refractivity contribution in [2.45, 2.75) is 70.5 Å². The molecule has 0 saturated heterocycles. The van der Waals surface area contributed by atoms with Gasteiger partial charge in [0.25, 0.3) is 0 Å². The molecular formula is C22H36O6. The Morgan fingerprint density at radius 1 is 1.29 bits per heavy atom. The molecule has 28 heavy (non-hydrogen) atoms. The van der Waals surface area contributed by atoms with Crippen LogP contribution in [0.2, 0.25) is 0 Å². The van der Waals surface area contributed by atoms with Crippen LogP contribution in [-0.4, -0.2) is 53.0 Å². The molecule has 1 aliphatic rings. The molecule has 0 spiro atoms. The SMILES string of the molecule is COCCCC[C@@H](C)C(O)/C=C/[C@H]1[C@H](O)CC(=O)[C@@H]1C/C=C\CCCC(=O)O. The average molecular weight is 397 g/mol. The van der Waals surface area contributed by atoms with Crippen LogP contribution in [0.5, 0.6) is 0 Å². The molecule has 1 saturated carbocycles. The number of ether oxygens (including phenoxy) is 1. The van der Waals surface area contributed by atoms with E-state index in [1.165, 1.54) is 0 Å². The van der Waals surface area contributed by atoms with E-state index in [2.05, 4.69) is 0 Å². The molecule has 0 bridgehead atoms. The Hall–Kier alpha value is -1.50. The van der Waals surface area contributed by atoms with Crippen molar-refractivity contribution >= 4 is 11.8 Å². The number of carboxylic acids is 1. The normalized spacial score (nSPS) is 25.0. The number of methoxy groups -OCH3 is 1. The van der Waals surface area contributed by atoms with Gasteiger partial charge in [0.15, 0.2) is 0 Å². The highest BCUT2D eigenvalue weighted by molar-refractivity contribution is 5.84. The molecular weight excluding hydrogens is 360 g/mol. The second kappa shape index (κ2) is 13.6. The van der Waals surface area contributed by atoms with Crippen molar-refractivity contribution in [3.05, 3.63) is 24.3 Å². The van der Waals surface area contributed by atoms with E-state index in [9.17, 15) is 19.8 Å². The number of carbonyl (C=O) groups excluding carboxylic acids is 1. The lowest BCUT2D eigenvalue weighted by atomic mass is 9.89. The maximum absolute atomic E-state index is 12.2. The third-order valence-electron chi connectivity index (χ3n) is 5.42. The molecule has 6 nitrogen and oxygen atoms in total. The van der Waals surface area contributed by atoms with Gasteiger partial charge in [-0.3, -0.25) is 9.59 Å². The lowest BCUT2D eigenvalue weighted by molar-refractivity contribution is -0.137. The predicted molar refractivity (Wildman–Crippen MR) is 108 cm³/mol. The summed E-state index contributed by atoms with van der Waals surface area (Å²) in [4.78, 5) is 22.7. The second-order valence-electron chi connectivity index (χ2n) is 7.76. The number of carbonyl (C=O) groups is 2. The van der Waals surface area contributed by atoms with Crippen molar-refractivity contribution in [3.63, 3.8) is 0 Å². The van der Waals surface area contributed by atoms with Gasteiger partial charge >= 0.3 is 5.97 Å². The molecule has 0 heterocycles. The largest absolute Gasteiger partial charge is 0.481 e. The molecule has 1 unspecified atom stereocenters. The van der Waals surface area contributed by atoms with Gasteiger partial charge in [0.1, 0.15) is 5.78 Å². The van der Waals surface area contributed by atoms with E-state index < -0.39 is 18.2 Å². The number of allylic oxidation sites excluding steroid dienone is 2. The van der Waals surface area contributed by atoms with Crippen LogP contribution in [0.25, 0.3) is 0 Å². The van der Waals surface area contributed by atoms with Crippen LogP contribution in [0.3, 0.4) is 0 Å². The third kappa shape index (κ3) is 9.13. The van der Waals surface area contributed by atoms with Gasteiger partial charge in [0.05, 0.1) is 12.2 Å². The first-order chi connectivity index (χ1) is 13.4. The summed E-state index contributed by atoms with van der Waals surface area (Å²) in [6, 6.07) is 0. The highest BCUT2D eigenvalue weighted by Crippen LogP contribution is 2.33. The van der Waals surface area contributed by atoms with Gasteiger partial charge in [-0.25, -0.2) is 0 Å².